The van der Waals surface area contributed by atoms with Gasteiger partial charge in [-0.15, -0.1) is 0 Å². The van der Waals surface area contributed by atoms with Crippen molar-refractivity contribution in [3.05, 3.63) is 0 Å². The highest BCUT2D eigenvalue weighted by Crippen LogP contribution is 2.18. The maximum Gasteiger partial charge on any atom is 0.0474 e. The lowest BCUT2D eigenvalue weighted by Crippen LogP contribution is -2.38. The van der Waals surface area contributed by atoms with Crippen LogP contribution in [0.2, 0.25) is 0 Å². The fourth-order valence-corrected chi connectivity index (χ4v) is 0.841. The van der Waals surface area contributed by atoms with Gasteiger partial charge in [-0.25, -0.2) is 0 Å². The number of nitrogens with one attached hydrogen (secondary N) is 1. The topological polar surface area (TPSA) is 21.3 Å². The van der Waals surface area contributed by atoms with Gasteiger partial charge in [0.1, 0.15) is 0 Å². The lowest BCUT2D eigenvalue weighted by atomic mass is 9.88. The molecule has 0 rings (SSSR count). The fraction of sp³-hybridized carbons (Fsp3) is 1.00. The predicted molar refractivity (Wildman–Crippen MR) is 53.4 cm³/mol. The average Bonchev–Trinajstić information content (AvgIpc) is 1.96. The zero-order valence-corrected chi connectivity index (χ0v) is 9.11. The SMILES string of the molecule is COCCCNC(C)C(C)(C)C. The van der Waals surface area contributed by atoms with Crippen LogP contribution in [0.25, 0.3) is 0 Å². The summed E-state index contributed by atoms with van der Waals surface area (Å²) < 4.78 is 4.97. The first-order valence-corrected chi connectivity index (χ1v) is 4.71. The third kappa shape index (κ3) is 5.56. The van der Waals surface area contributed by atoms with E-state index in [4.69, 9.17) is 4.74 Å². The molecule has 1 N–H and O–H groups in total. The highest BCUT2D eigenvalue weighted by atomic mass is 16.5. The molecular weight excluding hydrogens is 150 g/mol. The molecule has 12 heavy (non-hydrogen) atoms. The van der Waals surface area contributed by atoms with E-state index in [9.17, 15) is 0 Å². The van der Waals surface area contributed by atoms with Crippen molar-refractivity contribution in [1.82, 2.24) is 5.32 Å². The van der Waals surface area contributed by atoms with E-state index >= 15 is 0 Å². The number of ether oxygens (including phenoxy) is 1. The summed E-state index contributed by atoms with van der Waals surface area (Å²) in [5.41, 5.74) is 0.354. The molecule has 0 amide bonds. The van der Waals surface area contributed by atoms with Gasteiger partial charge in [-0.1, -0.05) is 20.8 Å². The van der Waals surface area contributed by atoms with E-state index in [1.165, 1.54) is 0 Å². The van der Waals surface area contributed by atoms with Gasteiger partial charge in [0.15, 0.2) is 0 Å². The van der Waals surface area contributed by atoms with Crippen molar-refractivity contribution in [2.24, 2.45) is 5.41 Å². The van der Waals surface area contributed by atoms with Crippen LogP contribution in [0.5, 0.6) is 0 Å². The van der Waals surface area contributed by atoms with Gasteiger partial charge in [0.25, 0.3) is 0 Å². The lowest BCUT2D eigenvalue weighted by Gasteiger charge is -2.28. The van der Waals surface area contributed by atoms with Crippen LogP contribution in [-0.4, -0.2) is 26.3 Å². The lowest BCUT2D eigenvalue weighted by molar-refractivity contribution is 0.189. The smallest absolute Gasteiger partial charge is 0.0474 e. The highest BCUT2D eigenvalue weighted by molar-refractivity contribution is 4.75. The second kappa shape index (κ2) is 5.55. The minimum Gasteiger partial charge on any atom is -0.385 e. The molecule has 0 aromatic heterocycles. The molecule has 0 saturated heterocycles. The van der Waals surface area contributed by atoms with Crippen LogP contribution in [0.3, 0.4) is 0 Å². The van der Waals surface area contributed by atoms with E-state index in [2.05, 4.69) is 33.0 Å². The Balaban J connectivity index is 3.38. The summed E-state index contributed by atoms with van der Waals surface area (Å²) in [7, 11) is 1.74. The van der Waals surface area contributed by atoms with Crippen molar-refractivity contribution in [2.75, 3.05) is 20.3 Å². The van der Waals surface area contributed by atoms with E-state index in [1.54, 1.807) is 7.11 Å². The first-order valence-electron chi connectivity index (χ1n) is 4.71. The van der Waals surface area contributed by atoms with Gasteiger partial charge in [0.2, 0.25) is 0 Å². The summed E-state index contributed by atoms with van der Waals surface area (Å²) in [6, 6.07) is 0.564. The molecule has 0 fully saturated rings. The Kier molecular flexibility index (Phi) is 5.51. The van der Waals surface area contributed by atoms with Crippen molar-refractivity contribution in [1.29, 1.82) is 0 Å². The van der Waals surface area contributed by atoms with Crippen LogP contribution in [0.4, 0.5) is 0 Å². The summed E-state index contributed by atoms with van der Waals surface area (Å²) in [5, 5.41) is 3.48. The minimum absolute atomic E-state index is 0.354. The molecule has 0 spiro atoms. The fourth-order valence-electron chi connectivity index (χ4n) is 0.841. The molecule has 2 nitrogen and oxygen atoms in total. The van der Waals surface area contributed by atoms with E-state index < -0.39 is 0 Å². The predicted octanol–water partition coefficient (Wildman–Crippen LogP) is 2.05. The molecule has 0 aliphatic carbocycles. The number of hydrogen-bond donors (Lipinski definition) is 1. The zero-order chi connectivity index (χ0) is 9.61. The largest absolute Gasteiger partial charge is 0.385 e. The zero-order valence-electron chi connectivity index (χ0n) is 9.11. The van der Waals surface area contributed by atoms with Gasteiger partial charge < -0.3 is 10.1 Å². The first-order chi connectivity index (χ1) is 5.48. The quantitative estimate of drug-likeness (QED) is 0.642. The first kappa shape index (κ1) is 11.9. The average molecular weight is 173 g/mol. The summed E-state index contributed by atoms with van der Waals surface area (Å²) in [6.07, 6.45) is 1.09. The van der Waals surface area contributed by atoms with Crippen molar-refractivity contribution < 1.29 is 4.74 Å². The Morgan fingerprint density at radius 3 is 2.33 bits per heavy atom. The van der Waals surface area contributed by atoms with Crippen molar-refractivity contribution in [3.63, 3.8) is 0 Å². The van der Waals surface area contributed by atoms with Gasteiger partial charge in [0.05, 0.1) is 0 Å². The van der Waals surface area contributed by atoms with Gasteiger partial charge in [-0.3, -0.25) is 0 Å². The molecule has 74 valence electrons. The van der Waals surface area contributed by atoms with Crippen LogP contribution in [-0.2, 0) is 4.74 Å². The molecule has 0 aliphatic rings. The number of methoxy groups -OCH3 is 1. The Morgan fingerprint density at radius 2 is 1.92 bits per heavy atom. The molecule has 0 radical (unpaired) electrons. The third-order valence-corrected chi connectivity index (χ3v) is 2.27. The molecule has 0 bridgehead atoms. The number of rotatable bonds is 5. The Bertz CT molecular complexity index is 107. The molecular formula is C10H23NO. The summed E-state index contributed by atoms with van der Waals surface area (Å²) in [5.74, 6) is 0. The van der Waals surface area contributed by atoms with Crippen LogP contribution in [0.1, 0.15) is 34.1 Å². The molecule has 0 aromatic carbocycles. The van der Waals surface area contributed by atoms with Crippen molar-refractivity contribution in [3.8, 4) is 0 Å². The Hall–Kier alpha value is -0.0800. The Morgan fingerprint density at radius 1 is 1.33 bits per heavy atom. The third-order valence-electron chi connectivity index (χ3n) is 2.27. The van der Waals surface area contributed by atoms with E-state index in [1.807, 2.05) is 0 Å². The molecule has 0 aromatic rings. The minimum atomic E-state index is 0.354. The molecule has 0 saturated carbocycles. The molecule has 1 unspecified atom stereocenters. The van der Waals surface area contributed by atoms with E-state index in [0.29, 0.717) is 11.5 Å². The standard InChI is InChI=1S/C10H23NO/c1-9(10(2,3)4)11-7-6-8-12-5/h9,11H,6-8H2,1-5H3. The van der Waals surface area contributed by atoms with Crippen LogP contribution in [0.15, 0.2) is 0 Å². The van der Waals surface area contributed by atoms with Gasteiger partial charge >= 0.3 is 0 Å². The van der Waals surface area contributed by atoms with E-state index in [0.717, 1.165) is 19.6 Å². The van der Waals surface area contributed by atoms with Gasteiger partial charge in [0, 0.05) is 19.8 Å². The van der Waals surface area contributed by atoms with Crippen LogP contribution in [0, 0.1) is 5.41 Å². The summed E-state index contributed by atoms with van der Waals surface area (Å²) >= 11 is 0. The monoisotopic (exact) mass is 173 g/mol. The molecule has 2 heteroatoms. The molecule has 0 heterocycles. The molecule has 0 aliphatic heterocycles. The normalized spacial score (nSPS) is 14.8. The van der Waals surface area contributed by atoms with Gasteiger partial charge in [-0.05, 0) is 25.3 Å². The van der Waals surface area contributed by atoms with Gasteiger partial charge in [-0.2, -0.15) is 0 Å². The maximum atomic E-state index is 4.97. The summed E-state index contributed by atoms with van der Waals surface area (Å²) in [6.45, 7) is 10.9. The highest BCUT2D eigenvalue weighted by Gasteiger charge is 2.18. The number of hydrogen-bond acceptors (Lipinski definition) is 2. The second-order valence-electron chi connectivity index (χ2n) is 4.39. The maximum absolute atomic E-state index is 4.97. The Labute approximate surface area is 76.7 Å². The van der Waals surface area contributed by atoms with Crippen LogP contribution < -0.4 is 5.32 Å². The van der Waals surface area contributed by atoms with E-state index in [-0.39, 0.29) is 0 Å². The second-order valence-corrected chi connectivity index (χ2v) is 4.39. The van der Waals surface area contributed by atoms with Crippen LogP contribution >= 0.6 is 0 Å². The molecule has 1 atom stereocenters. The van der Waals surface area contributed by atoms with Crippen molar-refractivity contribution in [2.45, 2.75) is 40.2 Å². The van der Waals surface area contributed by atoms with Crippen molar-refractivity contribution >= 4 is 0 Å². The summed E-state index contributed by atoms with van der Waals surface area (Å²) in [4.78, 5) is 0.